The summed E-state index contributed by atoms with van der Waals surface area (Å²) in [5.74, 6) is -1.25. The highest BCUT2D eigenvalue weighted by Crippen LogP contribution is 2.33. The maximum absolute atomic E-state index is 12.8. The number of hydrogen-bond donors (Lipinski definition) is 1. The van der Waals surface area contributed by atoms with Crippen LogP contribution in [0, 0.1) is 5.82 Å². The average molecular weight is 400 g/mol. The van der Waals surface area contributed by atoms with Crippen LogP contribution in [0.2, 0.25) is 10.0 Å². The Kier molecular flexibility index (Phi) is 7.24. The van der Waals surface area contributed by atoms with Gasteiger partial charge in [-0.2, -0.15) is 0 Å². The van der Waals surface area contributed by atoms with Crippen molar-refractivity contribution in [3.8, 4) is 5.75 Å². The summed E-state index contributed by atoms with van der Waals surface area (Å²) >= 11 is 11.9. The van der Waals surface area contributed by atoms with Gasteiger partial charge in [-0.1, -0.05) is 35.3 Å². The Morgan fingerprint density at radius 1 is 1.12 bits per heavy atom. The van der Waals surface area contributed by atoms with Gasteiger partial charge in [-0.3, -0.25) is 4.79 Å². The number of esters is 1. The molecule has 0 aromatic heterocycles. The standard InChI is InChI=1S/C18H16Cl2FNO4/c1-25-17-14(19)8-12(9-15(17)20)18(24)26-10-16(23)22-7-6-11-2-4-13(21)5-3-11/h2-5,8-9H,6-7,10H2,1H3,(H,22,23). The van der Waals surface area contributed by atoms with E-state index >= 15 is 0 Å². The second kappa shape index (κ2) is 9.40. The number of methoxy groups -OCH3 is 1. The number of rotatable bonds is 7. The van der Waals surface area contributed by atoms with Gasteiger partial charge >= 0.3 is 5.97 Å². The molecule has 0 fully saturated rings. The minimum atomic E-state index is -0.731. The monoisotopic (exact) mass is 399 g/mol. The molecule has 0 unspecified atom stereocenters. The summed E-state index contributed by atoms with van der Waals surface area (Å²) in [6.07, 6.45) is 0.531. The zero-order valence-corrected chi connectivity index (χ0v) is 15.4. The van der Waals surface area contributed by atoms with Crippen molar-refractivity contribution in [1.82, 2.24) is 5.32 Å². The van der Waals surface area contributed by atoms with E-state index in [0.29, 0.717) is 13.0 Å². The SMILES string of the molecule is COc1c(Cl)cc(C(=O)OCC(=O)NCCc2ccc(F)cc2)cc1Cl. The molecular formula is C18H16Cl2FNO4. The van der Waals surface area contributed by atoms with Gasteiger partial charge in [-0.15, -0.1) is 0 Å². The normalized spacial score (nSPS) is 10.3. The van der Waals surface area contributed by atoms with Crippen LogP contribution in [0.25, 0.3) is 0 Å². The average Bonchev–Trinajstić information content (AvgIpc) is 2.61. The molecule has 0 saturated carbocycles. The predicted octanol–water partition coefficient (Wildman–Crippen LogP) is 3.66. The van der Waals surface area contributed by atoms with E-state index in [1.807, 2.05) is 0 Å². The van der Waals surface area contributed by atoms with Gasteiger partial charge in [0.25, 0.3) is 5.91 Å². The van der Waals surface area contributed by atoms with Gasteiger partial charge in [0.1, 0.15) is 5.82 Å². The number of ether oxygens (including phenoxy) is 2. The summed E-state index contributed by atoms with van der Waals surface area (Å²) in [6, 6.07) is 8.67. The molecule has 0 atom stereocenters. The topological polar surface area (TPSA) is 64.6 Å². The fourth-order valence-electron chi connectivity index (χ4n) is 2.14. The minimum Gasteiger partial charge on any atom is -0.494 e. The van der Waals surface area contributed by atoms with Crippen LogP contribution in [0.4, 0.5) is 4.39 Å². The van der Waals surface area contributed by atoms with Crippen molar-refractivity contribution in [1.29, 1.82) is 0 Å². The number of halogens is 3. The molecule has 0 spiro atoms. The molecule has 2 aromatic rings. The lowest BCUT2D eigenvalue weighted by Gasteiger charge is -2.09. The molecular weight excluding hydrogens is 384 g/mol. The predicted molar refractivity (Wildman–Crippen MR) is 96.4 cm³/mol. The zero-order chi connectivity index (χ0) is 19.1. The molecule has 8 heteroatoms. The third-order valence-corrected chi connectivity index (χ3v) is 3.98. The molecule has 0 heterocycles. The molecule has 2 rings (SSSR count). The lowest BCUT2D eigenvalue weighted by Crippen LogP contribution is -2.30. The first-order valence-electron chi connectivity index (χ1n) is 7.62. The van der Waals surface area contributed by atoms with Crippen molar-refractivity contribution in [3.05, 3.63) is 63.4 Å². The maximum Gasteiger partial charge on any atom is 0.338 e. The van der Waals surface area contributed by atoms with E-state index in [1.165, 1.54) is 31.4 Å². The van der Waals surface area contributed by atoms with Crippen LogP contribution < -0.4 is 10.1 Å². The van der Waals surface area contributed by atoms with Crippen molar-refractivity contribution in [2.45, 2.75) is 6.42 Å². The molecule has 0 aliphatic heterocycles. The second-order valence-corrected chi connectivity index (χ2v) is 6.09. The number of amides is 1. The van der Waals surface area contributed by atoms with Gasteiger partial charge in [-0.25, -0.2) is 9.18 Å². The van der Waals surface area contributed by atoms with Crippen molar-refractivity contribution in [2.75, 3.05) is 20.3 Å². The lowest BCUT2D eigenvalue weighted by molar-refractivity contribution is -0.124. The number of carbonyl (C=O) groups excluding carboxylic acids is 2. The molecule has 0 radical (unpaired) electrons. The third kappa shape index (κ3) is 5.61. The molecule has 0 aliphatic carbocycles. The number of carbonyl (C=O) groups is 2. The van der Waals surface area contributed by atoms with Gasteiger partial charge < -0.3 is 14.8 Å². The Morgan fingerprint density at radius 2 is 1.73 bits per heavy atom. The summed E-state index contributed by atoms with van der Waals surface area (Å²) in [5.41, 5.74) is 0.992. The fraction of sp³-hybridized carbons (Fsp3) is 0.222. The lowest BCUT2D eigenvalue weighted by atomic mass is 10.1. The van der Waals surface area contributed by atoms with Crippen LogP contribution in [-0.2, 0) is 16.0 Å². The largest absolute Gasteiger partial charge is 0.494 e. The smallest absolute Gasteiger partial charge is 0.338 e. The molecule has 1 amide bonds. The quantitative estimate of drug-likeness (QED) is 0.721. The van der Waals surface area contributed by atoms with Crippen LogP contribution in [0.1, 0.15) is 15.9 Å². The van der Waals surface area contributed by atoms with Gasteiger partial charge in [-0.05, 0) is 36.2 Å². The van der Waals surface area contributed by atoms with Gasteiger partial charge in [0, 0.05) is 6.54 Å². The number of nitrogens with one attached hydrogen (secondary N) is 1. The highest BCUT2D eigenvalue weighted by molar-refractivity contribution is 6.37. The second-order valence-electron chi connectivity index (χ2n) is 5.28. The summed E-state index contributed by atoms with van der Waals surface area (Å²) < 4.78 is 22.7. The first kappa shape index (κ1) is 20.0. The van der Waals surface area contributed by atoms with Crippen molar-refractivity contribution >= 4 is 35.1 Å². The minimum absolute atomic E-state index is 0.111. The van der Waals surface area contributed by atoms with E-state index < -0.39 is 18.5 Å². The molecule has 2 aromatic carbocycles. The Morgan fingerprint density at radius 3 is 2.31 bits per heavy atom. The molecule has 138 valence electrons. The fourth-order valence-corrected chi connectivity index (χ4v) is 2.78. The first-order chi connectivity index (χ1) is 12.4. The Bertz CT molecular complexity index is 773. The van der Waals surface area contributed by atoms with E-state index in [1.54, 1.807) is 12.1 Å². The van der Waals surface area contributed by atoms with Crippen LogP contribution in [-0.4, -0.2) is 32.1 Å². The summed E-state index contributed by atoms with van der Waals surface area (Å²) in [4.78, 5) is 23.7. The summed E-state index contributed by atoms with van der Waals surface area (Å²) in [7, 11) is 1.40. The Balaban J connectivity index is 1.79. The Labute approximate surface area is 160 Å². The number of hydrogen-bond acceptors (Lipinski definition) is 4. The van der Waals surface area contributed by atoms with Crippen molar-refractivity contribution < 1.29 is 23.5 Å². The molecule has 5 nitrogen and oxygen atoms in total. The van der Waals surface area contributed by atoms with Crippen LogP contribution >= 0.6 is 23.2 Å². The summed E-state index contributed by atoms with van der Waals surface area (Å²) in [6.45, 7) is -0.105. The molecule has 26 heavy (non-hydrogen) atoms. The Hall–Kier alpha value is -2.31. The highest BCUT2D eigenvalue weighted by atomic mass is 35.5. The highest BCUT2D eigenvalue weighted by Gasteiger charge is 2.15. The molecule has 0 aliphatic rings. The van der Waals surface area contributed by atoms with E-state index in [4.69, 9.17) is 32.7 Å². The van der Waals surface area contributed by atoms with Gasteiger partial charge in [0.15, 0.2) is 12.4 Å². The van der Waals surface area contributed by atoms with Crippen molar-refractivity contribution in [2.24, 2.45) is 0 Å². The van der Waals surface area contributed by atoms with Crippen molar-refractivity contribution in [3.63, 3.8) is 0 Å². The molecule has 1 N–H and O–H groups in total. The van der Waals surface area contributed by atoms with E-state index in [2.05, 4.69) is 5.32 Å². The van der Waals surface area contributed by atoms with Crippen LogP contribution in [0.3, 0.4) is 0 Å². The van der Waals surface area contributed by atoms with Crippen LogP contribution in [0.5, 0.6) is 5.75 Å². The van der Waals surface area contributed by atoms with E-state index in [-0.39, 0.29) is 27.2 Å². The third-order valence-electron chi connectivity index (χ3n) is 3.42. The van der Waals surface area contributed by atoms with Gasteiger partial charge in [0.05, 0.1) is 22.7 Å². The zero-order valence-electron chi connectivity index (χ0n) is 13.9. The number of benzene rings is 2. The summed E-state index contributed by atoms with van der Waals surface area (Å²) in [5, 5.41) is 2.94. The van der Waals surface area contributed by atoms with E-state index in [9.17, 15) is 14.0 Å². The van der Waals surface area contributed by atoms with E-state index in [0.717, 1.165) is 5.56 Å². The molecule has 0 bridgehead atoms. The molecule has 0 saturated heterocycles. The maximum atomic E-state index is 12.8. The van der Waals surface area contributed by atoms with Gasteiger partial charge in [0.2, 0.25) is 0 Å². The van der Waals surface area contributed by atoms with Crippen LogP contribution in [0.15, 0.2) is 36.4 Å². The first-order valence-corrected chi connectivity index (χ1v) is 8.37.